The number of fused-ring (bicyclic) bond motifs is 1. The second kappa shape index (κ2) is 5.03. The van der Waals surface area contributed by atoms with Crippen molar-refractivity contribution in [1.29, 1.82) is 0 Å². The smallest absolute Gasteiger partial charge is 0.178 e. The fraction of sp³-hybridized carbons (Fsp3) is 0.462. The van der Waals surface area contributed by atoms with Crippen molar-refractivity contribution in [1.82, 2.24) is 9.55 Å². The predicted octanol–water partition coefficient (Wildman–Crippen LogP) is 3.78. The van der Waals surface area contributed by atoms with Crippen LogP contribution in [0.4, 0.5) is 0 Å². The molecule has 3 rings (SSSR count). The maximum atomic E-state index is 5.96. The van der Waals surface area contributed by atoms with Gasteiger partial charge in [0.1, 0.15) is 0 Å². The Balaban J connectivity index is 1.73. The van der Waals surface area contributed by atoms with Gasteiger partial charge in [0.2, 0.25) is 0 Å². The first kappa shape index (κ1) is 12.2. The van der Waals surface area contributed by atoms with Gasteiger partial charge in [0, 0.05) is 18.2 Å². The molecule has 1 aliphatic rings. The lowest BCUT2D eigenvalue weighted by molar-refractivity contribution is 0.117. The highest BCUT2D eigenvalue weighted by Crippen LogP contribution is 2.28. The molecule has 0 saturated heterocycles. The third-order valence-corrected chi connectivity index (χ3v) is 3.80. The Kier molecular flexibility index (Phi) is 3.41. The summed E-state index contributed by atoms with van der Waals surface area (Å²) in [5.41, 5.74) is 2.06. The first-order valence-corrected chi connectivity index (χ1v) is 6.98. The van der Waals surface area contributed by atoms with Crippen molar-refractivity contribution in [2.24, 2.45) is 5.92 Å². The quantitative estimate of drug-likeness (QED) is 0.668. The standard InChI is InChI=1S/C13H15ClN2OS/c14-10-3-4-12-11(7-10)15-13(18)16(12)5-6-17-8-9-1-2-9/h3-4,7,9H,1-2,5-6,8H2,(H,15,18). The van der Waals surface area contributed by atoms with Gasteiger partial charge in [-0.3, -0.25) is 0 Å². The van der Waals surface area contributed by atoms with Gasteiger partial charge in [-0.15, -0.1) is 0 Å². The Hall–Kier alpha value is -0.840. The van der Waals surface area contributed by atoms with Gasteiger partial charge < -0.3 is 14.3 Å². The second-order valence-corrected chi connectivity index (χ2v) is 5.58. The molecule has 96 valence electrons. The average molecular weight is 283 g/mol. The molecule has 0 atom stereocenters. The van der Waals surface area contributed by atoms with Crippen LogP contribution in [0.15, 0.2) is 18.2 Å². The maximum absolute atomic E-state index is 5.96. The van der Waals surface area contributed by atoms with Crippen molar-refractivity contribution in [2.75, 3.05) is 13.2 Å². The van der Waals surface area contributed by atoms with Crippen LogP contribution in [0.5, 0.6) is 0 Å². The molecule has 1 aromatic heterocycles. The highest BCUT2D eigenvalue weighted by atomic mass is 35.5. The number of nitrogens with zero attached hydrogens (tertiary/aromatic N) is 1. The molecule has 3 nitrogen and oxygen atoms in total. The fourth-order valence-corrected chi connectivity index (χ4v) is 2.52. The molecule has 1 fully saturated rings. The zero-order valence-corrected chi connectivity index (χ0v) is 11.6. The topological polar surface area (TPSA) is 29.9 Å². The van der Waals surface area contributed by atoms with Crippen LogP contribution in [0.3, 0.4) is 0 Å². The van der Waals surface area contributed by atoms with Gasteiger partial charge in [-0.2, -0.15) is 0 Å². The van der Waals surface area contributed by atoms with Gasteiger partial charge in [-0.1, -0.05) is 11.6 Å². The molecule has 1 aliphatic carbocycles. The Morgan fingerprint density at radius 2 is 2.28 bits per heavy atom. The summed E-state index contributed by atoms with van der Waals surface area (Å²) in [5.74, 6) is 0.805. The fourth-order valence-electron chi connectivity index (χ4n) is 2.05. The van der Waals surface area contributed by atoms with Crippen molar-refractivity contribution in [3.05, 3.63) is 28.0 Å². The number of halogens is 1. The summed E-state index contributed by atoms with van der Waals surface area (Å²) in [6.07, 6.45) is 2.65. The molecule has 1 saturated carbocycles. The summed E-state index contributed by atoms with van der Waals surface area (Å²) in [7, 11) is 0. The average Bonchev–Trinajstić information content (AvgIpc) is 3.10. The maximum Gasteiger partial charge on any atom is 0.178 e. The van der Waals surface area contributed by atoms with E-state index in [9.17, 15) is 0 Å². The van der Waals surface area contributed by atoms with E-state index in [1.807, 2.05) is 18.2 Å². The van der Waals surface area contributed by atoms with Crippen molar-refractivity contribution < 1.29 is 4.74 Å². The van der Waals surface area contributed by atoms with E-state index in [0.717, 1.165) is 39.9 Å². The van der Waals surface area contributed by atoms with Gasteiger partial charge >= 0.3 is 0 Å². The van der Waals surface area contributed by atoms with Gasteiger partial charge in [-0.25, -0.2) is 0 Å². The Bertz CT molecular complexity index is 615. The summed E-state index contributed by atoms with van der Waals surface area (Å²) in [5, 5.41) is 0.718. The Labute approximate surface area is 116 Å². The molecule has 0 aliphatic heterocycles. The zero-order valence-electron chi connectivity index (χ0n) is 9.99. The van der Waals surface area contributed by atoms with E-state index in [-0.39, 0.29) is 0 Å². The third kappa shape index (κ3) is 2.60. The largest absolute Gasteiger partial charge is 0.379 e. The minimum Gasteiger partial charge on any atom is -0.379 e. The summed E-state index contributed by atoms with van der Waals surface area (Å²) < 4.78 is 8.44. The van der Waals surface area contributed by atoms with Crippen LogP contribution in [0.25, 0.3) is 11.0 Å². The van der Waals surface area contributed by atoms with Crippen LogP contribution in [0.1, 0.15) is 12.8 Å². The van der Waals surface area contributed by atoms with Gasteiger partial charge in [0.05, 0.1) is 17.6 Å². The van der Waals surface area contributed by atoms with Gasteiger partial charge in [-0.05, 0) is 49.2 Å². The number of nitrogens with one attached hydrogen (secondary N) is 1. The molecule has 18 heavy (non-hydrogen) atoms. The normalized spacial score (nSPS) is 15.4. The number of aromatic nitrogens is 2. The minimum absolute atomic E-state index is 0.709. The molecule has 0 unspecified atom stereocenters. The van der Waals surface area contributed by atoms with E-state index in [1.54, 1.807) is 0 Å². The molecule has 5 heteroatoms. The SMILES string of the molecule is S=c1[nH]c2cc(Cl)ccc2n1CCOCC1CC1. The molecule has 0 amide bonds. The minimum atomic E-state index is 0.709. The van der Waals surface area contributed by atoms with Crippen molar-refractivity contribution in [2.45, 2.75) is 19.4 Å². The summed E-state index contributed by atoms with van der Waals surface area (Å²) in [4.78, 5) is 3.17. The molecule has 1 N–H and O–H groups in total. The van der Waals surface area contributed by atoms with E-state index in [1.165, 1.54) is 12.8 Å². The first-order valence-electron chi connectivity index (χ1n) is 6.20. The highest BCUT2D eigenvalue weighted by Gasteiger charge is 2.20. The van der Waals surface area contributed by atoms with Crippen LogP contribution in [0, 0.1) is 10.7 Å². The predicted molar refractivity (Wildman–Crippen MR) is 75.7 cm³/mol. The first-order chi connectivity index (χ1) is 8.74. The number of hydrogen-bond acceptors (Lipinski definition) is 2. The molecular formula is C13H15ClN2OS. The molecule has 1 aromatic carbocycles. The number of benzene rings is 1. The highest BCUT2D eigenvalue weighted by molar-refractivity contribution is 7.71. The Morgan fingerprint density at radius 3 is 3.06 bits per heavy atom. The Morgan fingerprint density at radius 1 is 1.44 bits per heavy atom. The molecule has 0 bridgehead atoms. The molecule has 1 heterocycles. The lowest BCUT2D eigenvalue weighted by Gasteiger charge is -2.05. The van der Waals surface area contributed by atoms with Crippen molar-refractivity contribution in [3.8, 4) is 0 Å². The number of aromatic amines is 1. The second-order valence-electron chi connectivity index (χ2n) is 4.76. The lowest BCUT2D eigenvalue weighted by Crippen LogP contribution is -2.07. The third-order valence-electron chi connectivity index (χ3n) is 3.25. The van der Waals surface area contributed by atoms with E-state index in [4.69, 9.17) is 28.6 Å². The summed E-state index contributed by atoms with van der Waals surface area (Å²) in [6, 6.07) is 5.77. The van der Waals surface area contributed by atoms with E-state index in [0.29, 0.717) is 6.61 Å². The monoisotopic (exact) mass is 282 g/mol. The van der Waals surface area contributed by atoms with Crippen LogP contribution < -0.4 is 0 Å². The van der Waals surface area contributed by atoms with Crippen molar-refractivity contribution in [3.63, 3.8) is 0 Å². The number of ether oxygens (including phenoxy) is 1. The van der Waals surface area contributed by atoms with Crippen LogP contribution in [-0.4, -0.2) is 22.8 Å². The number of hydrogen-bond donors (Lipinski definition) is 1. The summed E-state index contributed by atoms with van der Waals surface area (Å²) in [6.45, 7) is 2.38. The van der Waals surface area contributed by atoms with Crippen LogP contribution >= 0.6 is 23.8 Å². The van der Waals surface area contributed by atoms with E-state index >= 15 is 0 Å². The number of rotatable bonds is 5. The number of imidazole rings is 1. The van der Waals surface area contributed by atoms with E-state index < -0.39 is 0 Å². The van der Waals surface area contributed by atoms with Crippen LogP contribution in [0.2, 0.25) is 5.02 Å². The van der Waals surface area contributed by atoms with E-state index in [2.05, 4.69) is 9.55 Å². The van der Waals surface area contributed by atoms with Crippen molar-refractivity contribution >= 4 is 34.9 Å². The molecular weight excluding hydrogens is 268 g/mol. The lowest BCUT2D eigenvalue weighted by atomic mass is 10.3. The number of H-pyrrole nitrogens is 1. The van der Waals surface area contributed by atoms with Crippen LogP contribution in [-0.2, 0) is 11.3 Å². The molecule has 0 radical (unpaired) electrons. The molecule has 2 aromatic rings. The zero-order chi connectivity index (χ0) is 12.5. The molecule has 0 spiro atoms. The summed E-state index contributed by atoms with van der Waals surface area (Å²) >= 11 is 11.3. The van der Waals surface area contributed by atoms with Gasteiger partial charge in [0.15, 0.2) is 4.77 Å². The van der Waals surface area contributed by atoms with Gasteiger partial charge in [0.25, 0.3) is 0 Å².